The lowest BCUT2D eigenvalue weighted by Crippen LogP contribution is -2.61. The number of hydrogen-bond donors (Lipinski definition) is 7. The smallest absolute Gasteiger partial charge is 0.410 e. The summed E-state index contributed by atoms with van der Waals surface area (Å²) in [5.41, 5.74) is 5.60. The minimum Gasteiger partial charge on any atom is -0.445 e. The molecule has 1 fully saturated rings. The van der Waals surface area contributed by atoms with E-state index in [-0.39, 0.29) is 106 Å². The summed E-state index contributed by atoms with van der Waals surface area (Å²) in [6.07, 6.45) is -1.14. The van der Waals surface area contributed by atoms with E-state index in [1.54, 1.807) is 117 Å². The molecule has 31 nitrogen and oxygen atoms in total. The Morgan fingerprint density at radius 1 is 0.734 bits per heavy atom. The molecule has 0 bridgehead atoms. The average molecular weight is 1550 g/mol. The zero-order chi connectivity index (χ0) is 81.9. The number of urea groups is 1. The van der Waals surface area contributed by atoms with Gasteiger partial charge in [-0.2, -0.15) is 0 Å². The van der Waals surface area contributed by atoms with Gasteiger partial charge in [0.2, 0.25) is 35.4 Å². The van der Waals surface area contributed by atoms with Crippen molar-refractivity contribution < 1.29 is 95.2 Å². The molecule has 0 radical (unpaired) electrons. The van der Waals surface area contributed by atoms with Crippen LogP contribution in [0.3, 0.4) is 0 Å². The quantitative estimate of drug-likeness (QED) is 0.0192. The molecule has 13 atom stereocenters. The Balaban J connectivity index is 1.47. The number of amides is 12. The standard InChI is InChI=1S/C77H122N11O20P/c1-20-49(10)66(60(103-18)43-63(92)87-39-27-31-57(87)68(104-19)50(11)69(94)80-51(12)67(93)53-28-24-23-25-29-53)84(16)73(98)55(46(4)5)42-59(89)65(48(8)9)85(17)75(100)105-45-52-32-34-54(35-33-52)81-70(95)56(30-26-38-79-74(78)99)82-72(97)64(47(6)7)83-71(96)58(88-61(90)36-37-62(88)91)44-86(76(101)108-77(13,14)15)40-41-109(102,106-21-2)107-22-3/h23-25,28-29,32-37,46-51,55-58,60,64-68,93H,20-22,26-27,30-31,38-45H2,1-19H3,(H,80,94)(H,81,95)(H,82,97)(H,83,96)(H3,78,79,99)/t49-,50+,51-,55-,56-,57-,58?,60+,64-,65+,66+,67-,68-/m0/s1. The van der Waals surface area contributed by atoms with Gasteiger partial charge >= 0.3 is 25.8 Å². The van der Waals surface area contributed by atoms with E-state index in [2.05, 4.69) is 26.6 Å². The van der Waals surface area contributed by atoms with Crippen LogP contribution in [0.25, 0.3) is 0 Å². The first-order valence-electron chi connectivity index (χ1n) is 37.7. The van der Waals surface area contributed by atoms with Crippen LogP contribution in [0.5, 0.6) is 0 Å². The maximum atomic E-state index is 15.0. The molecule has 1 unspecified atom stereocenters. The SMILES string of the molecule is CCOP(=O)(CCN(CC(C(=O)N[C@H](C(=O)N[C@@H](CCCNC(N)=O)C(=O)Nc1ccc(COC(=O)N(C)[C@@H](C(=O)C[C@H](C(=O)N(C)[C@H]([C@@H](C)CC)[C@@H](CC(=O)N2CCC[C@H]2[C@@H](OC)[C@@H](C)C(=O)N[C@@H](C)[C@H](O)c2ccccc2)OC)C(C)C)C(C)C)cc1)C(C)C)N1C(=O)C=CC1=O)C(=O)OC(C)(C)C)OCC. The largest absolute Gasteiger partial charge is 0.445 e. The highest BCUT2D eigenvalue weighted by molar-refractivity contribution is 7.53. The first-order valence-corrected chi connectivity index (χ1v) is 39.4. The van der Waals surface area contributed by atoms with E-state index >= 15 is 0 Å². The number of ketones is 1. The predicted molar refractivity (Wildman–Crippen MR) is 409 cm³/mol. The molecule has 0 saturated carbocycles. The second kappa shape index (κ2) is 43.9. The fraction of sp³-hybridized carbons (Fsp3) is 0.662. The highest BCUT2D eigenvalue weighted by Gasteiger charge is 2.46. The number of imide groups is 1. The molecule has 109 heavy (non-hydrogen) atoms. The minimum atomic E-state index is -3.81. The number of nitrogens with zero attached hydrogens (tertiary/aromatic N) is 5. The van der Waals surface area contributed by atoms with Crippen molar-refractivity contribution in [1.29, 1.82) is 0 Å². The maximum absolute atomic E-state index is 15.0. The summed E-state index contributed by atoms with van der Waals surface area (Å²) in [5, 5.41) is 24.4. The van der Waals surface area contributed by atoms with Crippen LogP contribution in [0, 0.1) is 35.5 Å². The fourth-order valence-electron chi connectivity index (χ4n) is 13.6. The van der Waals surface area contributed by atoms with E-state index < -0.39 is 152 Å². The molecule has 2 aliphatic rings. The molecule has 2 aromatic rings. The number of hydrogen-bond acceptors (Lipinski definition) is 20. The molecule has 0 spiro atoms. The van der Waals surface area contributed by atoms with Crippen molar-refractivity contribution in [2.75, 3.05) is 79.2 Å². The van der Waals surface area contributed by atoms with Crippen LogP contribution in [0.15, 0.2) is 66.7 Å². The number of aliphatic hydroxyl groups is 1. The average Bonchev–Trinajstić information content (AvgIpc) is 1.79. The van der Waals surface area contributed by atoms with Crippen LogP contribution in [0.2, 0.25) is 0 Å². The molecule has 8 N–H and O–H groups in total. The molecule has 4 rings (SSSR count). The summed E-state index contributed by atoms with van der Waals surface area (Å²) in [5.74, 6) is -8.95. The van der Waals surface area contributed by atoms with E-state index in [1.165, 1.54) is 38.3 Å². The topological polar surface area (TPSA) is 400 Å². The third kappa shape index (κ3) is 27.6. The van der Waals surface area contributed by atoms with Gasteiger partial charge in [0.25, 0.3) is 11.8 Å². The van der Waals surface area contributed by atoms with E-state index in [1.807, 2.05) is 45.9 Å². The molecule has 1 saturated heterocycles. The predicted octanol–water partition coefficient (Wildman–Crippen LogP) is 7.48. The van der Waals surface area contributed by atoms with Crippen molar-refractivity contribution >= 4 is 84.5 Å². The van der Waals surface area contributed by atoms with Gasteiger partial charge in [-0.15, -0.1) is 0 Å². The van der Waals surface area contributed by atoms with E-state index in [0.29, 0.717) is 41.8 Å². The summed E-state index contributed by atoms with van der Waals surface area (Å²) in [4.78, 5) is 173. The number of carbonyl (C=O) groups is 12. The lowest BCUT2D eigenvalue weighted by Gasteiger charge is -2.41. The van der Waals surface area contributed by atoms with Gasteiger partial charge in [-0.25, -0.2) is 14.4 Å². The number of carbonyl (C=O) groups excluding carboxylic acids is 12. The molecule has 12 amide bonds. The van der Waals surface area contributed by atoms with Gasteiger partial charge in [0.1, 0.15) is 30.3 Å². The number of nitrogens with one attached hydrogen (secondary N) is 5. The number of benzene rings is 2. The van der Waals surface area contributed by atoms with Crippen molar-refractivity contribution in [3.8, 4) is 0 Å². The second-order valence-corrected chi connectivity index (χ2v) is 32.2. The zero-order valence-electron chi connectivity index (χ0n) is 67.2. The van der Waals surface area contributed by atoms with Crippen molar-refractivity contribution in [2.45, 2.75) is 222 Å². The Morgan fingerprint density at radius 3 is 1.88 bits per heavy atom. The van der Waals surface area contributed by atoms with Gasteiger partial charge in [0.05, 0.1) is 80.7 Å². The summed E-state index contributed by atoms with van der Waals surface area (Å²) in [7, 11) is 2.30. The molecule has 2 heterocycles. The lowest BCUT2D eigenvalue weighted by atomic mass is 9.83. The Hall–Kier alpha value is -8.35. The number of rotatable bonds is 44. The molecular weight excluding hydrogens is 1430 g/mol. The van der Waals surface area contributed by atoms with Crippen LogP contribution >= 0.6 is 7.60 Å². The number of anilines is 1. The van der Waals surface area contributed by atoms with Gasteiger partial charge < -0.3 is 85.0 Å². The number of likely N-dealkylation sites (tertiary alicyclic amines) is 1. The van der Waals surface area contributed by atoms with Crippen molar-refractivity contribution in [1.82, 2.24) is 45.8 Å². The van der Waals surface area contributed by atoms with Gasteiger partial charge in [0.15, 0.2) is 5.78 Å². The highest BCUT2D eigenvalue weighted by Crippen LogP contribution is 2.48. The van der Waals surface area contributed by atoms with Crippen molar-refractivity contribution in [2.24, 2.45) is 41.2 Å². The molecule has 32 heteroatoms. The number of nitrogens with two attached hydrogens (primary N) is 1. The molecule has 2 aliphatic heterocycles. The minimum absolute atomic E-state index is 0.00150. The Kier molecular flexibility index (Phi) is 37.5. The first kappa shape index (κ1) is 93.0. The van der Waals surface area contributed by atoms with Crippen molar-refractivity contribution in [3.63, 3.8) is 0 Å². The summed E-state index contributed by atoms with van der Waals surface area (Å²) >= 11 is 0. The number of Topliss-reactive ketones (excluding diaryl/α,β-unsaturated/α-hetero) is 1. The summed E-state index contributed by atoms with van der Waals surface area (Å²) in [6.45, 7) is 24.9. The monoisotopic (exact) mass is 1550 g/mol. The van der Waals surface area contributed by atoms with Crippen LogP contribution in [-0.2, 0) is 82.3 Å². The van der Waals surface area contributed by atoms with Gasteiger partial charge in [-0.05, 0) is 114 Å². The molecule has 2 aromatic carbocycles. The maximum Gasteiger partial charge on any atom is 0.410 e. The summed E-state index contributed by atoms with van der Waals surface area (Å²) < 4.78 is 47.9. The first-order chi connectivity index (χ1) is 51.2. The third-order valence-corrected chi connectivity index (χ3v) is 21.7. The normalized spacial score (nSPS) is 17.2. The Bertz CT molecular complexity index is 3440. The van der Waals surface area contributed by atoms with Crippen LogP contribution in [0.1, 0.15) is 166 Å². The molecule has 610 valence electrons. The Morgan fingerprint density at radius 2 is 1.35 bits per heavy atom. The number of aliphatic hydroxyl groups excluding tert-OH is 1. The number of primary amides is 1. The van der Waals surface area contributed by atoms with Crippen LogP contribution in [-0.4, -0.2) is 235 Å². The Labute approximate surface area is 642 Å². The fourth-order valence-corrected chi connectivity index (χ4v) is 15.2. The number of ether oxygens (including phenoxy) is 4. The lowest BCUT2D eigenvalue weighted by molar-refractivity contribution is -0.149. The van der Waals surface area contributed by atoms with Crippen LogP contribution in [0.4, 0.5) is 20.1 Å². The number of methoxy groups -OCH3 is 2. The van der Waals surface area contributed by atoms with E-state index in [9.17, 15) is 67.2 Å². The van der Waals surface area contributed by atoms with Gasteiger partial charge in [-0.1, -0.05) is 111 Å². The molecule has 0 aromatic heterocycles. The number of likely N-dealkylation sites (N-methyl/N-ethyl adjacent to an activating group) is 2. The third-order valence-electron chi connectivity index (χ3n) is 19.7. The van der Waals surface area contributed by atoms with Crippen molar-refractivity contribution in [3.05, 3.63) is 77.9 Å². The summed E-state index contributed by atoms with van der Waals surface area (Å²) in [6, 6.07) is 7.12. The molecular formula is C77H122N11O20P. The highest BCUT2D eigenvalue weighted by atomic mass is 31.2. The zero-order valence-corrected chi connectivity index (χ0v) is 68.1. The van der Waals surface area contributed by atoms with Gasteiger partial charge in [0, 0.05) is 78.1 Å². The van der Waals surface area contributed by atoms with E-state index in [0.717, 1.165) is 17.1 Å². The van der Waals surface area contributed by atoms with Gasteiger partial charge in [-0.3, -0.25) is 52.6 Å². The second-order valence-electron chi connectivity index (χ2n) is 30.0. The molecule has 0 aliphatic carbocycles. The van der Waals surface area contributed by atoms with E-state index in [4.69, 9.17) is 33.7 Å². The van der Waals surface area contributed by atoms with Crippen LogP contribution < -0.4 is 32.3 Å².